The fourth-order valence-electron chi connectivity index (χ4n) is 2.46. The zero-order valence-electron chi connectivity index (χ0n) is 14.2. The van der Waals surface area contributed by atoms with E-state index in [1.54, 1.807) is 7.05 Å². The number of hydrogen-bond acceptors (Lipinski definition) is 2. The van der Waals surface area contributed by atoms with Crippen LogP contribution in [0.2, 0.25) is 10.0 Å². The topological polar surface area (TPSA) is 40.5 Å². The predicted molar refractivity (Wildman–Crippen MR) is 102 cm³/mol. The largest absolute Gasteiger partial charge is 0.356 e. The van der Waals surface area contributed by atoms with Crippen LogP contribution in [0.4, 0.5) is 0 Å². The molecule has 0 bridgehead atoms. The van der Waals surface area contributed by atoms with Crippen molar-refractivity contribution >= 4 is 29.2 Å². The monoisotopic (exact) mass is 364 g/mol. The second-order valence-corrected chi connectivity index (χ2v) is 6.45. The molecule has 0 saturated heterocycles. The molecule has 0 amide bonds. The van der Waals surface area contributed by atoms with E-state index in [0.29, 0.717) is 16.6 Å². The first-order chi connectivity index (χ1) is 11.5. The third-order valence-electron chi connectivity index (χ3n) is 3.79. The van der Waals surface area contributed by atoms with Gasteiger partial charge in [-0.25, -0.2) is 0 Å². The van der Waals surface area contributed by atoms with Crippen molar-refractivity contribution < 1.29 is 0 Å². The van der Waals surface area contributed by atoms with Crippen molar-refractivity contribution in [2.75, 3.05) is 20.6 Å². The number of pyridine rings is 1. The molecule has 0 fully saturated rings. The highest BCUT2D eigenvalue weighted by atomic mass is 35.5. The van der Waals surface area contributed by atoms with Crippen molar-refractivity contribution in [1.29, 1.82) is 0 Å². The number of benzene rings is 1. The molecule has 0 saturated carbocycles. The molecule has 0 aliphatic heterocycles. The molecule has 0 aliphatic carbocycles. The van der Waals surface area contributed by atoms with Crippen LogP contribution in [0, 0.1) is 6.92 Å². The Hall–Kier alpha value is -1.78. The average Bonchev–Trinajstić information content (AvgIpc) is 2.56. The van der Waals surface area contributed by atoms with E-state index in [1.807, 2.05) is 37.6 Å². The van der Waals surface area contributed by atoms with Gasteiger partial charge in [-0.15, -0.1) is 0 Å². The van der Waals surface area contributed by atoms with Gasteiger partial charge in [0.25, 0.3) is 0 Å². The molecule has 0 spiro atoms. The predicted octanol–water partition coefficient (Wildman–Crippen LogP) is 3.95. The lowest BCUT2D eigenvalue weighted by Gasteiger charge is -2.22. The lowest BCUT2D eigenvalue weighted by Crippen LogP contribution is -2.39. The van der Waals surface area contributed by atoms with Gasteiger partial charge in [-0.3, -0.25) is 9.98 Å². The minimum atomic E-state index is 0.568. The van der Waals surface area contributed by atoms with Crippen LogP contribution in [0.1, 0.15) is 16.7 Å². The van der Waals surface area contributed by atoms with Crippen molar-refractivity contribution in [1.82, 2.24) is 15.2 Å². The van der Waals surface area contributed by atoms with Crippen molar-refractivity contribution in [3.63, 3.8) is 0 Å². The third-order valence-corrected chi connectivity index (χ3v) is 4.53. The van der Waals surface area contributed by atoms with Crippen molar-refractivity contribution in [3.8, 4) is 0 Å². The number of guanidine groups is 1. The number of aromatic nitrogens is 1. The van der Waals surface area contributed by atoms with Crippen molar-refractivity contribution in [2.24, 2.45) is 4.99 Å². The quantitative estimate of drug-likeness (QED) is 0.644. The molecule has 0 unspecified atom stereocenters. The van der Waals surface area contributed by atoms with E-state index in [2.05, 4.69) is 33.2 Å². The molecule has 2 rings (SSSR count). The molecule has 4 nitrogen and oxygen atoms in total. The Kier molecular flexibility index (Phi) is 6.88. The molecule has 1 heterocycles. The molecule has 0 radical (unpaired) electrons. The summed E-state index contributed by atoms with van der Waals surface area (Å²) in [7, 11) is 3.78. The molecule has 0 aliphatic rings. The fraction of sp³-hybridized carbons (Fsp3) is 0.333. The van der Waals surface area contributed by atoms with Gasteiger partial charge in [0, 0.05) is 39.6 Å². The summed E-state index contributed by atoms with van der Waals surface area (Å²) in [5, 5.41) is 4.52. The van der Waals surface area contributed by atoms with Gasteiger partial charge < -0.3 is 10.2 Å². The normalized spacial score (nSPS) is 11.5. The second-order valence-electron chi connectivity index (χ2n) is 5.63. The van der Waals surface area contributed by atoms with E-state index in [1.165, 1.54) is 11.1 Å². The Morgan fingerprint density at radius 3 is 2.71 bits per heavy atom. The van der Waals surface area contributed by atoms with E-state index in [-0.39, 0.29) is 0 Å². The Morgan fingerprint density at radius 1 is 1.25 bits per heavy atom. The van der Waals surface area contributed by atoms with Crippen LogP contribution >= 0.6 is 23.2 Å². The molecule has 0 atom stereocenters. The average molecular weight is 365 g/mol. The lowest BCUT2D eigenvalue weighted by molar-refractivity contribution is 0.477. The van der Waals surface area contributed by atoms with Gasteiger partial charge in [0.15, 0.2) is 5.96 Å². The van der Waals surface area contributed by atoms with Crippen LogP contribution in [0.15, 0.2) is 41.7 Å². The Morgan fingerprint density at radius 2 is 2.04 bits per heavy atom. The zero-order chi connectivity index (χ0) is 17.5. The van der Waals surface area contributed by atoms with Gasteiger partial charge >= 0.3 is 0 Å². The molecule has 24 heavy (non-hydrogen) atoms. The molecule has 128 valence electrons. The third kappa shape index (κ3) is 5.11. The number of aryl methyl sites for hydroxylation is 1. The van der Waals surface area contributed by atoms with Crippen LogP contribution in [-0.4, -0.2) is 36.5 Å². The Labute approximate surface area is 153 Å². The summed E-state index contributed by atoms with van der Waals surface area (Å²) in [4.78, 5) is 10.5. The van der Waals surface area contributed by atoms with Crippen LogP contribution < -0.4 is 5.32 Å². The summed E-state index contributed by atoms with van der Waals surface area (Å²) in [6, 6.07) is 7.72. The van der Waals surface area contributed by atoms with E-state index >= 15 is 0 Å². The Bertz CT molecular complexity index is 716. The molecular formula is C18H22Cl2N4. The standard InChI is InChI=1S/C18H22Cl2N4/c1-13-11-22-8-6-15(13)7-9-23-18(21-2)24(3)12-14-4-5-16(19)17(20)10-14/h4-6,8,10-11H,7,9,12H2,1-3H3,(H,21,23). The van der Waals surface area contributed by atoms with Gasteiger partial charge in [-0.1, -0.05) is 29.3 Å². The number of aliphatic imine (C=N–C) groups is 1. The number of halogens is 2. The van der Waals surface area contributed by atoms with Gasteiger partial charge in [0.1, 0.15) is 0 Å². The highest BCUT2D eigenvalue weighted by molar-refractivity contribution is 6.42. The smallest absolute Gasteiger partial charge is 0.193 e. The molecule has 2 aromatic rings. The Balaban J connectivity index is 1.90. The first-order valence-electron chi connectivity index (χ1n) is 7.76. The number of hydrogen-bond donors (Lipinski definition) is 1. The summed E-state index contributed by atoms with van der Waals surface area (Å²) >= 11 is 12.0. The minimum Gasteiger partial charge on any atom is -0.356 e. The van der Waals surface area contributed by atoms with Gasteiger partial charge in [0.05, 0.1) is 10.0 Å². The first-order valence-corrected chi connectivity index (χ1v) is 8.52. The maximum atomic E-state index is 6.08. The van der Waals surface area contributed by atoms with E-state index in [4.69, 9.17) is 23.2 Å². The molecule has 6 heteroatoms. The SMILES string of the molecule is CN=C(NCCc1ccncc1C)N(C)Cc1ccc(Cl)c(Cl)c1. The summed E-state index contributed by atoms with van der Waals surface area (Å²) in [5.74, 6) is 0.841. The minimum absolute atomic E-state index is 0.568. The van der Waals surface area contributed by atoms with Crippen LogP contribution in [0.25, 0.3) is 0 Å². The van der Waals surface area contributed by atoms with Gasteiger partial charge in [-0.2, -0.15) is 0 Å². The number of nitrogens with zero attached hydrogens (tertiary/aromatic N) is 3. The fourth-order valence-corrected chi connectivity index (χ4v) is 2.78. The molecule has 1 aromatic carbocycles. The van der Waals surface area contributed by atoms with E-state index in [0.717, 1.165) is 24.5 Å². The number of rotatable bonds is 5. The first kappa shape index (κ1) is 18.6. The summed E-state index contributed by atoms with van der Waals surface area (Å²) < 4.78 is 0. The molecule has 1 N–H and O–H groups in total. The van der Waals surface area contributed by atoms with Gasteiger partial charge in [0.2, 0.25) is 0 Å². The summed E-state index contributed by atoms with van der Waals surface area (Å²) in [5.41, 5.74) is 3.58. The zero-order valence-corrected chi connectivity index (χ0v) is 15.7. The second kappa shape index (κ2) is 8.90. The maximum Gasteiger partial charge on any atom is 0.193 e. The highest BCUT2D eigenvalue weighted by Crippen LogP contribution is 2.23. The van der Waals surface area contributed by atoms with Crippen molar-refractivity contribution in [2.45, 2.75) is 19.9 Å². The maximum absolute atomic E-state index is 6.08. The molecular weight excluding hydrogens is 343 g/mol. The molecule has 1 aromatic heterocycles. The van der Waals surface area contributed by atoms with Crippen molar-refractivity contribution in [3.05, 3.63) is 63.4 Å². The highest BCUT2D eigenvalue weighted by Gasteiger charge is 2.08. The summed E-state index contributed by atoms with van der Waals surface area (Å²) in [6.45, 7) is 3.58. The lowest BCUT2D eigenvalue weighted by atomic mass is 10.1. The van der Waals surface area contributed by atoms with Crippen LogP contribution in [0.5, 0.6) is 0 Å². The van der Waals surface area contributed by atoms with E-state index in [9.17, 15) is 0 Å². The number of nitrogens with one attached hydrogen (secondary N) is 1. The summed E-state index contributed by atoms with van der Waals surface area (Å²) in [6.07, 6.45) is 4.64. The van der Waals surface area contributed by atoms with Gasteiger partial charge in [-0.05, 0) is 48.2 Å². The van der Waals surface area contributed by atoms with Crippen LogP contribution in [0.3, 0.4) is 0 Å². The van der Waals surface area contributed by atoms with E-state index < -0.39 is 0 Å². The van der Waals surface area contributed by atoms with Crippen LogP contribution in [-0.2, 0) is 13.0 Å².